The van der Waals surface area contributed by atoms with Gasteiger partial charge >= 0.3 is 6.09 Å². The van der Waals surface area contributed by atoms with E-state index in [-0.39, 0.29) is 23.7 Å². The summed E-state index contributed by atoms with van der Waals surface area (Å²) in [4.78, 5) is 29.8. The van der Waals surface area contributed by atoms with E-state index in [9.17, 15) is 9.59 Å². The first kappa shape index (κ1) is 27.1. The lowest BCUT2D eigenvalue weighted by molar-refractivity contribution is -0.140. The summed E-state index contributed by atoms with van der Waals surface area (Å²) in [6.45, 7) is 13.0. The van der Waals surface area contributed by atoms with Gasteiger partial charge in [0.25, 0.3) is 0 Å². The van der Waals surface area contributed by atoms with Gasteiger partial charge in [0, 0.05) is 36.1 Å². The summed E-state index contributed by atoms with van der Waals surface area (Å²) in [6, 6.07) is 6.91. The first-order valence-corrected chi connectivity index (χ1v) is 13.3. The van der Waals surface area contributed by atoms with Crippen molar-refractivity contribution in [3.05, 3.63) is 35.0 Å². The van der Waals surface area contributed by atoms with Crippen molar-refractivity contribution in [2.45, 2.75) is 98.1 Å². The summed E-state index contributed by atoms with van der Waals surface area (Å²) in [5.41, 5.74) is 4.87. The van der Waals surface area contributed by atoms with Crippen molar-refractivity contribution in [1.29, 1.82) is 0 Å². The number of fused-ring (bicyclic) bond motifs is 3. The number of ether oxygens (including phenoxy) is 1. The molecule has 1 aromatic carbocycles. The molecule has 1 fully saturated rings. The fourth-order valence-corrected chi connectivity index (χ4v) is 5.36. The van der Waals surface area contributed by atoms with E-state index in [1.165, 1.54) is 54.0 Å². The minimum Gasteiger partial charge on any atom is -0.444 e. The predicted octanol–water partition coefficient (Wildman–Crippen LogP) is 6.67. The molecule has 194 valence electrons. The van der Waals surface area contributed by atoms with Gasteiger partial charge < -0.3 is 19.9 Å². The standard InChI is InChI=1S/C23H32N2O.C6H13NO2/c1-15(2)13-21-22-19(18-10-9-16(3)14-20(18)24-22)11-12-25(21)23(26)17-7-5-4-6-8-17;1-6(2,3)9-5(8)7-4/h9-10,14-15,17,21,24H,4-8,11-13H2,1-3H3;1-4H3,(H,7,8). The summed E-state index contributed by atoms with van der Waals surface area (Å²) in [5, 5.41) is 3.71. The Labute approximate surface area is 211 Å². The molecule has 2 aliphatic rings. The minimum atomic E-state index is -0.389. The number of benzene rings is 1. The van der Waals surface area contributed by atoms with E-state index in [0.29, 0.717) is 11.8 Å². The lowest BCUT2D eigenvalue weighted by atomic mass is 9.85. The van der Waals surface area contributed by atoms with Crippen LogP contribution in [0, 0.1) is 18.8 Å². The molecule has 0 radical (unpaired) electrons. The molecular formula is C29H45N3O3. The molecule has 1 aliphatic heterocycles. The summed E-state index contributed by atoms with van der Waals surface area (Å²) in [6.07, 6.45) is 7.53. The number of H-pyrrole nitrogens is 1. The Morgan fingerprint density at radius 3 is 2.43 bits per heavy atom. The molecule has 1 aromatic heterocycles. The van der Waals surface area contributed by atoms with Crippen LogP contribution in [0.1, 0.15) is 96.0 Å². The van der Waals surface area contributed by atoms with E-state index >= 15 is 0 Å². The predicted molar refractivity (Wildman–Crippen MR) is 143 cm³/mol. The zero-order valence-electron chi connectivity index (χ0n) is 22.8. The molecule has 35 heavy (non-hydrogen) atoms. The third-order valence-corrected chi connectivity index (χ3v) is 6.94. The molecule has 6 heteroatoms. The van der Waals surface area contributed by atoms with Gasteiger partial charge in [0.2, 0.25) is 5.91 Å². The van der Waals surface area contributed by atoms with E-state index in [1.807, 2.05) is 20.8 Å². The third kappa shape index (κ3) is 7.02. The van der Waals surface area contributed by atoms with Crippen molar-refractivity contribution in [2.24, 2.45) is 11.8 Å². The Balaban J connectivity index is 0.000000327. The molecule has 0 bridgehead atoms. The maximum absolute atomic E-state index is 13.3. The highest BCUT2D eigenvalue weighted by molar-refractivity contribution is 5.87. The van der Waals surface area contributed by atoms with Crippen LogP contribution in [0.5, 0.6) is 0 Å². The van der Waals surface area contributed by atoms with E-state index < -0.39 is 0 Å². The van der Waals surface area contributed by atoms with Gasteiger partial charge in [-0.15, -0.1) is 0 Å². The van der Waals surface area contributed by atoms with Crippen LogP contribution < -0.4 is 5.32 Å². The summed E-state index contributed by atoms with van der Waals surface area (Å²) in [5.74, 6) is 1.24. The smallest absolute Gasteiger partial charge is 0.407 e. The van der Waals surface area contributed by atoms with Crippen molar-refractivity contribution >= 4 is 22.9 Å². The minimum absolute atomic E-state index is 0.209. The van der Waals surface area contributed by atoms with Crippen molar-refractivity contribution in [3.63, 3.8) is 0 Å². The normalized spacial score (nSPS) is 18.6. The fraction of sp³-hybridized carbons (Fsp3) is 0.655. The molecule has 2 heterocycles. The number of carbonyl (C=O) groups excluding carboxylic acids is 2. The Hall–Kier alpha value is -2.50. The van der Waals surface area contributed by atoms with Gasteiger partial charge in [0.15, 0.2) is 0 Å². The second kappa shape index (κ2) is 11.5. The molecule has 1 aliphatic carbocycles. The third-order valence-electron chi connectivity index (χ3n) is 6.94. The Morgan fingerprint density at radius 1 is 1.17 bits per heavy atom. The number of aromatic amines is 1. The average Bonchev–Trinajstić information content (AvgIpc) is 3.16. The maximum atomic E-state index is 13.3. The van der Waals surface area contributed by atoms with Gasteiger partial charge in [-0.3, -0.25) is 4.79 Å². The quantitative estimate of drug-likeness (QED) is 0.512. The molecule has 2 amide bonds. The maximum Gasteiger partial charge on any atom is 0.407 e. The van der Waals surface area contributed by atoms with Crippen molar-refractivity contribution in [1.82, 2.24) is 15.2 Å². The number of amides is 2. The largest absolute Gasteiger partial charge is 0.444 e. The number of hydrogen-bond acceptors (Lipinski definition) is 3. The van der Waals surface area contributed by atoms with E-state index in [1.54, 1.807) is 0 Å². The molecule has 1 saturated carbocycles. The van der Waals surface area contributed by atoms with Crippen molar-refractivity contribution in [3.8, 4) is 0 Å². The van der Waals surface area contributed by atoms with Crippen LogP contribution >= 0.6 is 0 Å². The van der Waals surface area contributed by atoms with Gasteiger partial charge in [0.05, 0.1) is 6.04 Å². The highest BCUT2D eigenvalue weighted by Gasteiger charge is 2.36. The Kier molecular flexibility index (Phi) is 8.89. The molecule has 6 nitrogen and oxygen atoms in total. The second-order valence-electron chi connectivity index (χ2n) is 11.6. The summed E-state index contributed by atoms with van der Waals surface area (Å²) < 4.78 is 4.84. The van der Waals surface area contributed by atoms with Crippen LogP contribution in [0.25, 0.3) is 10.9 Å². The number of nitrogens with one attached hydrogen (secondary N) is 2. The number of hydrogen-bond donors (Lipinski definition) is 2. The first-order valence-electron chi connectivity index (χ1n) is 13.3. The number of aryl methyl sites for hydroxylation is 1. The van der Waals surface area contributed by atoms with Crippen LogP contribution in [0.3, 0.4) is 0 Å². The van der Waals surface area contributed by atoms with Crippen LogP contribution in [0.15, 0.2) is 18.2 Å². The summed E-state index contributed by atoms with van der Waals surface area (Å²) >= 11 is 0. The molecule has 2 N–H and O–H groups in total. The Morgan fingerprint density at radius 2 is 1.86 bits per heavy atom. The van der Waals surface area contributed by atoms with E-state index in [4.69, 9.17) is 4.74 Å². The first-order chi connectivity index (χ1) is 16.5. The van der Waals surface area contributed by atoms with Gasteiger partial charge in [-0.2, -0.15) is 0 Å². The zero-order chi connectivity index (χ0) is 25.8. The lowest BCUT2D eigenvalue weighted by Gasteiger charge is -2.39. The highest BCUT2D eigenvalue weighted by Crippen LogP contribution is 2.40. The molecule has 1 atom stereocenters. The monoisotopic (exact) mass is 483 g/mol. The lowest BCUT2D eigenvalue weighted by Crippen LogP contribution is -2.44. The average molecular weight is 484 g/mol. The van der Waals surface area contributed by atoms with Gasteiger partial charge in [0.1, 0.15) is 5.60 Å². The highest BCUT2D eigenvalue weighted by atomic mass is 16.6. The number of rotatable bonds is 3. The van der Waals surface area contributed by atoms with Crippen LogP contribution in [-0.2, 0) is 16.0 Å². The van der Waals surface area contributed by atoms with Crippen molar-refractivity contribution in [2.75, 3.05) is 13.6 Å². The fourth-order valence-electron chi connectivity index (χ4n) is 5.36. The molecule has 0 spiro atoms. The van der Waals surface area contributed by atoms with Gasteiger partial charge in [-0.25, -0.2) is 4.79 Å². The van der Waals surface area contributed by atoms with Crippen LogP contribution in [0.4, 0.5) is 4.79 Å². The molecule has 4 rings (SSSR count). The topological polar surface area (TPSA) is 74.4 Å². The Bertz CT molecular complexity index is 1010. The number of aromatic nitrogens is 1. The second-order valence-corrected chi connectivity index (χ2v) is 11.6. The van der Waals surface area contributed by atoms with Crippen LogP contribution in [-0.4, -0.2) is 41.1 Å². The van der Waals surface area contributed by atoms with E-state index in [2.05, 4.69) is 54.2 Å². The molecule has 1 unspecified atom stereocenters. The number of nitrogens with zero attached hydrogens (tertiary/aromatic N) is 1. The van der Waals surface area contributed by atoms with Gasteiger partial charge in [-0.1, -0.05) is 45.2 Å². The van der Waals surface area contributed by atoms with E-state index in [0.717, 1.165) is 32.2 Å². The zero-order valence-corrected chi connectivity index (χ0v) is 22.8. The molecule has 0 saturated heterocycles. The summed E-state index contributed by atoms with van der Waals surface area (Å²) in [7, 11) is 1.54. The molecular weight excluding hydrogens is 438 g/mol. The van der Waals surface area contributed by atoms with Crippen LogP contribution in [0.2, 0.25) is 0 Å². The molecule has 2 aromatic rings. The van der Waals surface area contributed by atoms with Crippen molar-refractivity contribution < 1.29 is 14.3 Å². The number of alkyl carbamates (subject to hydrolysis) is 1. The SMILES string of the molecule is CNC(=O)OC(C)(C)C.Cc1ccc2c3c([nH]c2c1)C(CC(C)C)N(C(=O)C1CCCCC1)CC3. The number of carbonyl (C=O) groups is 2. The van der Waals surface area contributed by atoms with Gasteiger partial charge in [-0.05, 0) is 76.5 Å².